The highest BCUT2D eigenvalue weighted by atomic mass is 35.5. The molecule has 0 bridgehead atoms. The van der Waals surface area contributed by atoms with Crippen molar-refractivity contribution < 1.29 is 18.3 Å². The van der Waals surface area contributed by atoms with Crippen molar-refractivity contribution in [3.05, 3.63) is 39.1 Å². The van der Waals surface area contributed by atoms with Crippen LogP contribution >= 0.6 is 11.6 Å². The van der Waals surface area contributed by atoms with E-state index in [1.165, 1.54) is 0 Å². The van der Waals surface area contributed by atoms with Crippen molar-refractivity contribution in [2.45, 2.75) is 6.18 Å². The predicted molar refractivity (Wildman–Crippen MR) is 56.2 cm³/mol. The molecule has 0 aliphatic heterocycles. The number of aromatic nitrogens is 1. The maximum atomic E-state index is 12.7. The predicted octanol–water partition coefficient (Wildman–Crippen LogP) is 2.91. The van der Waals surface area contributed by atoms with Gasteiger partial charge >= 0.3 is 6.18 Å². The Kier molecular flexibility index (Phi) is 2.54. The first-order valence-corrected chi connectivity index (χ1v) is 4.80. The third-order valence-electron chi connectivity index (χ3n) is 2.25. The number of hydrogen-bond donors (Lipinski definition) is 2. The Morgan fingerprint density at radius 3 is 2.53 bits per heavy atom. The van der Waals surface area contributed by atoms with Crippen LogP contribution in [0.3, 0.4) is 0 Å². The van der Waals surface area contributed by atoms with Crippen LogP contribution in [0.4, 0.5) is 13.2 Å². The van der Waals surface area contributed by atoms with E-state index in [2.05, 4.69) is 4.98 Å². The molecule has 0 saturated carbocycles. The van der Waals surface area contributed by atoms with Crippen LogP contribution in [0.2, 0.25) is 5.02 Å². The average molecular weight is 264 g/mol. The minimum Gasteiger partial charge on any atom is -0.503 e. The largest absolute Gasteiger partial charge is 0.503 e. The Morgan fingerprint density at radius 2 is 1.94 bits per heavy atom. The fourth-order valence-electron chi connectivity index (χ4n) is 1.50. The first-order valence-electron chi connectivity index (χ1n) is 4.42. The van der Waals surface area contributed by atoms with E-state index < -0.39 is 23.0 Å². The molecular weight excluding hydrogens is 259 g/mol. The zero-order chi connectivity index (χ0) is 12.8. The van der Waals surface area contributed by atoms with Gasteiger partial charge in [-0.2, -0.15) is 13.2 Å². The van der Waals surface area contributed by atoms with Gasteiger partial charge in [-0.15, -0.1) is 0 Å². The van der Waals surface area contributed by atoms with E-state index in [1.807, 2.05) is 0 Å². The number of pyridine rings is 1. The number of hydrogen-bond acceptors (Lipinski definition) is 2. The van der Waals surface area contributed by atoms with Crippen LogP contribution in [0.5, 0.6) is 5.75 Å². The van der Waals surface area contributed by atoms with Gasteiger partial charge in [0.1, 0.15) is 0 Å². The lowest BCUT2D eigenvalue weighted by atomic mass is 10.1. The molecule has 0 saturated heterocycles. The van der Waals surface area contributed by atoms with Crippen molar-refractivity contribution in [2.24, 2.45) is 0 Å². The molecule has 2 aromatic rings. The summed E-state index contributed by atoms with van der Waals surface area (Å²) >= 11 is 5.68. The number of alkyl halides is 3. The van der Waals surface area contributed by atoms with Crippen LogP contribution in [0.25, 0.3) is 10.9 Å². The minimum atomic E-state index is -4.59. The third-order valence-corrected chi connectivity index (χ3v) is 2.57. The first-order chi connectivity index (χ1) is 7.80. The van der Waals surface area contributed by atoms with Crippen LogP contribution in [0.15, 0.2) is 23.0 Å². The van der Waals surface area contributed by atoms with Gasteiger partial charge in [0.2, 0.25) is 0 Å². The maximum Gasteiger partial charge on any atom is 0.417 e. The van der Waals surface area contributed by atoms with Gasteiger partial charge in [-0.3, -0.25) is 4.79 Å². The number of nitrogens with one attached hydrogen (secondary N) is 1. The molecule has 0 fully saturated rings. The molecule has 2 rings (SSSR count). The monoisotopic (exact) mass is 263 g/mol. The second kappa shape index (κ2) is 3.66. The highest BCUT2D eigenvalue weighted by Gasteiger charge is 2.33. The van der Waals surface area contributed by atoms with Crippen LogP contribution in [-0.4, -0.2) is 10.1 Å². The molecule has 1 heterocycles. The summed E-state index contributed by atoms with van der Waals surface area (Å²) in [4.78, 5) is 13.2. The van der Waals surface area contributed by atoms with Crippen molar-refractivity contribution in [3.8, 4) is 5.75 Å². The van der Waals surface area contributed by atoms with Gasteiger partial charge in [-0.05, 0) is 18.2 Å². The molecule has 0 radical (unpaired) electrons. The van der Waals surface area contributed by atoms with Crippen LogP contribution in [0, 0.1) is 0 Å². The fraction of sp³-hybridized carbons (Fsp3) is 0.100. The van der Waals surface area contributed by atoms with Gasteiger partial charge < -0.3 is 10.1 Å². The van der Waals surface area contributed by atoms with Crippen molar-refractivity contribution in [3.63, 3.8) is 0 Å². The second-order valence-electron chi connectivity index (χ2n) is 3.37. The van der Waals surface area contributed by atoms with Gasteiger partial charge in [0.25, 0.3) is 5.56 Å². The molecule has 0 amide bonds. The number of halogens is 4. The Hall–Kier alpha value is -1.69. The molecule has 0 atom stereocenters. The Morgan fingerprint density at radius 1 is 1.29 bits per heavy atom. The van der Waals surface area contributed by atoms with Crippen LogP contribution in [-0.2, 0) is 6.18 Å². The van der Waals surface area contributed by atoms with Crippen molar-refractivity contribution >= 4 is 22.5 Å². The topological polar surface area (TPSA) is 53.1 Å². The lowest BCUT2D eigenvalue weighted by Crippen LogP contribution is -2.10. The van der Waals surface area contributed by atoms with Crippen molar-refractivity contribution in [2.75, 3.05) is 0 Å². The smallest absolute Gasteiger partial charge is 0.417 e. The number of benzene rings is 1. The van der Waals surface area contributed by atoms with E-state index in [9.17, 15) is 18.0 Å². The summed E-state index contributed by atoms with van der Waals surface area (Å²) in [5.41, 5.74) is -2.01. The van der Waals surface area contributed by atoms with E-state index in [-0.39, 0.29) is 15.9 Å². The molecule has 2 N–H and O–H groups in total. The maximum absolute atomic E-state index is 12.7. The SMILES string of the molecule is O=c1[nH]c2c(Cl)ccc(C(F)(F)F)c2cc1O. The summed E-state index contributed by atoms with van der Waals surface area (Å²) in [7, 11) is 0. The summed E-state index contributed by atoms with van der Waals surface area (Å²) < 4.78 is 38.0. The molecule has 0 aliphatic rings. The van der Waals surface area contributed by atoms with Crippen molar-refractivity contribution in [1.82, 2.24) is 4.98 Å². The molecule has 1 aromatic carbocycles. The Balaban J connectivity index is 2.95. The van der Waals surface area contributed by atoms with Crippen molar-refractivity contribution in [1.29, 1.82) is 0 Å². The quantitative estimate of drug-likeness (QED) is 0.768. The standard InChI is InChI=1S/C10H5ClF3NO2/c11-6-2-1-5(10(12,13)14)4-3-7(16)9(17)15-8(4)6/h1-3,16H,(H,15,17). The molecule has 0 aliphatic carbocycles. The summed E-state index contributed by atoms with van der Waals surface area (Å²) in [5.74, 6) is -0.787. The lowest BCUT2D eigenvalue weighted by Gasteiger charge is -2.11. The molecular formula is C10H5ClF3NO2. The molecule has 3 nitrogen and oxygen atoms in total. The average Bonchev–Trinajstić information content (AvgIpc) is 2.19. The molecule has 0 spiro atoms. The molecule has 7 heteroatoms. The van der Waals surface area contributed by atoms with E-state index >= 15 is 0 Å². The number of fused-ring (bicyclic) bond motifs is 1. The van der Waals surface area contributed by atoms with Gasteiger partial charge in [-0.25, -0.2) is 0 Å². The summed E-state index contributed by atoms with van der Waals surface area (Å²) in [5, 5.41) is 8.78. The van der Waals surface area contributed by atoms with Gasteiger partial charge in [-0.1, -0.05) is 11.6 Å². The lowest BCUT2D eigenvalue weighted by molar-refractivity contribution is -0.136. The van der Waals surface area contributed by atoms with Crippen LogP contribution < -0.4 is 5.56 Å². The first kappa shape index (κ1) is 11.8. The number of H-pyrrole nitrogens is 1. The van der Waals surface area contributed by atoms with E-state index in [0.717, 1.165) is 18.2 Å². The third kappa shape index (κ3) is 1.95. The van der Waals surface area contributed by atoms with Gasteiger partial charge in [0.15, 0.2) is 5.75 Å². The Bertz CT molecular complexity index is 648. The number of aromatic amines is 1. The normalized spacial score (nSPS) is 12.0. The van der Waals surface area contributed by atoms with E-state index in [4.69, 9.17) is 16.7 Å². The molecule has 1 aromatic heterocycles. The fourth-order valence-corrected chi connectivity index (χ4v) is 1.71. The zero-order valence-electron chi connectivity index (χ0n) is 8.10. The number of aromatic hydroxyl groups is 1. The summed E-state index contributed by atoms with van der Waals surface area (Å²) in [6.45, 7) is 0. The van der Waals surface area contributed by atoms with Crippen LogP contribution in [0.1, 0.15) is 5.56 Å². The second-order valence-corrected chi connectivity index (χ2v) is 3.77. The van der Waals surface area contributed by atoms with E-state index in [1.54, 1.807) is 0 Å². The van der Waals surface area contributed by atoms with Gasteiger partial charge in [0, 0.05) is 5.39 Å². The summed E-state index contributed by atoms with van der Waals surface area (Å²) in [6.07, 6.45) is -4.59. The molecule has 90 valence electrons. The van der Waals surface area contributed by atoms with E-state index in [0.29, 0.717) is 0 Å². The zero-order valence-corrected chi connectivity index (χ0v) is 8.86. The Labute approximate surface area is 97.5 Å². The van der Waals surface area contributed by atoms with Gasteiger partial charge in [0.05, 0.1) is 16.1 Å². The molecule has 0 unspecified atom stereocenters. The summed E-state index contributed by atoms with van der Waals surface area (Å²) in [6, 6.07) is 2.59. The minimum absolute atomic E-state index is 0.0231. The molecule has 17 heavy (non-hydrogen) atoms. The highest BCUT2D eigenvalue weighted by Crippen LogP contribution is 2.36. The number of rotatable bonds is 0. The highest BCUT2D eigenvalue weighted by molar-refractivity contribution is 6.35.